The lowest BCUT2D eigenvalue weighted by atomic mass is 9.83. The molecule has 0 aliphatic heterocycles. The van der Waals surface area contributed by atoms with Crippen molar-refractivity contribution >= 4 is 5.97 Å². The average molecular weight is 235 g/mol. The normalized spacial score (nSPS) is 19.2. The number of carboxylic acid groups (broad SMARTS) is 1. The Balaban J connectivity index is 2.31. The predicted octanol–water partition coefficient (Wildman–Crippen LogP) is 3.31. The molecule has 0 spiro atoms. The third-order valence-electron chi connectivity index (χ3n) is 3.95. The first kappa shape index (κ1) is 12.2. The maximum atomic E-state index is 11.6. The van der Waals surface area contributed by atoms with Gasteiger partial charge in [-0.25, -0.2) is 4.79 Å². The maximum absolute atomic E-state index is 11.6. The summed E-state index contributed by atoms with van der Waals surface area (Å²) in [4.78, 5) is 11.6. The quantitative estimate of drug-likeness (QED) is 0.873. The minimum absolute atomic E-state index is 0.297. The number of aliphatic carboxylic acids is 1. The lowest BCUT2D eigenvalue weighted by Gasteiger charge is -2.30. The summed E-state index contributed by atoms with van der Waals surface area (Å²) in [5.74, 6) is -0.384. The van der Waals surface area contributed by atoms with Crippen molar-refractivity contribution in [3.05, 3.63) is 23.5 Å². The van der Waals surface area contributed by atoms with Crippen LogP contribution in [-0.2, 0) is 4.79 Å². The summed E-state index contributed by atoms with van der Waals surface area (Å²) in [6, 6.07) is 3.65. The fourth-order valence-corrected chi connectivity index (χ4v) is 3.09. The molecular formula is C14H21NO2. The molecule has 1 aliphatic carbocycles. The van der Waals surface area contributed by atoms with E-state index in [0.717, 1.165) is 24.2 Å². The molecule has 1 unspecified atom stereocenters. The van der Waals surface area contributed by atoms with Crippen LogP contribution in [0.3, 0.4) is 0 Å². The summed E-state index contributed by atoms with van der Waals surface area (Å²) in [5.41, 5.74) is 2.11. The van der Waals surface area contributed by atoms with Crippen molar-refractivity contribution in [3.63, 3.8) is 0 Å². The molecule has 1 fully saturated rings. The summed E-state index contributed by atoms with van der Waals surface area (Å²) in [6.07, 6.45) is 5.70. The average Bonchev–Trinajstić information content (AvgIpc) is 2.62. The van der Waals surface area contributed by atoms with Crippen LogP contribution in [0.25, 0.3) is 0 Å². The highest BCUT2D eigenvalue weighted by Gasteiger charge is 2.31. The Labute approximate surface area is 102 Å². The first-order valence-corrected chi connectivity index (χ1v) is 6.48. The molecule has 0 bridgehead atoms. The molecule has 1 heterocycles. The van der Waals surface area contributed by atoms with Gasteiger partial charge in [-0.05, 0) is 44.7 Å². The molecule has 1 aromatic heterocycles. The van der Waals surface area contributed by atoms with Gasteiger partial charge in [0.05, 0.1) is 0 Å². The Bertz CT molecular complexity index is 383. The monoisotopic (exact) mass is 235 g/mol. The molecule has 2 rings (SSSR count). The molecule has 3 nitrogen and oxygen atoms in total. The topological polar surface area (TPSA) is 42.2 Å². The van der Waals surface area contributed by atoms with Crippen LogP contribution in [0.5, 0.6) is 0 Å². The first-order chi connectivity index (χ1) is 8.11. The SMILES string of the molecule is Cc1ccc(C)n1C(C(=O)O)C1CCCCC1. The molecule has 94 valence electrons. The third-order valence-corrected chi connectivity index (χ3v) is 3.95. The first-order valence-electron chi connectivity index (χ1n) is 6.48. The minimum Gasteiger partial charge on any atom is -0.480 e. The van der Waals surface area contributed by atoms with Gasteiger partial charge in [0.25, 0.3) is 0 Å². The molecule has 17 heavy (non-hydrogen) atoms. The van der Waals surface area contributed by atoms with Crippen molar-refractivity contribution < 1.29 is 9.90 Å². The number of hydrogen-bond acceptors (Lipinski definition) is 1. The van der Waals surface area contributed by atoms with Crippen LogP contribution in [0.2, 0.25) is 0 Å². The number of carbonyl (C=O) groups is 1. The van der Waals surface area contributed by atoms with Crippen molar-refractivity contribution in [1.82, 2.24) is 4.57 Å². The molecule has 1 saturated carbocycles. The van der Waals surface area contributed by atoms with Crippen molar-refractivity contribution in [2.24, 2.45) is 5.92 Å². The van der Waals surface area contributed by atoms with Crippen LogP contribution in [-0.4, -0.2) is 15.6 Å². The number of aromatic nitrogens is 1. The highest BCUT2D eigenvalue weighted by atomic mass is 16.4. The van der Waals surface area contributed by atoms with Crippen LogP contribution in [0.15, 0.2) is 12.1 Å². The number of carboxylic acids is 1. The van der Waals surface area contributed by atoms with E-state index in [9.17, 15) is 9.90 Å². The van der Waals surface area contributed by atoms with Gasteiger partial charge < -0.3 is 9.67 Å². The van der Waals surface area contributed by atoms with Gasteiger partial charge in [-0.3, -0.25) is 0 Å². The molecule has 0 saturated heterocycles. The van der Waals surface area contributed by atoms with E-state index in [1.165, 1.54) is 19.3 Å². The zero-order valence-electron chi connectivity index (χ0n) is 10.6. The fraction of sp³-hybridized carbons (Fsp3) is 0.643. The van der Waals surface area contributed by atoms with E-state index in [0.29, 0.717) is 5.92 Å². The zero-order chi connectivity index (χ0) is 12.4. The largest absolute Gasteiger partial charge is 0.480 e. The van der Waals surface area contributed by atoms with Crippen LogP contribution in [0.4, 0.5) is 0 Å². The molecular weight excluding hydrogens is 214 g/mol. The van der Waals surface area contributed by atoms with E-state index in [-0.39, 0.29) is 6.04 Å². The second kappa shape index (κ2) is 4.94. The molecule has 3 heteroatoms. The lowest BCUT2D eigenvalue weighted by Crippen LogP contribution is -2.30. The van der Waals surface area contributed by atoms with E-state index < -0.39 is 5.97 Å². The van der Waals surface area contributed by atoms with Crippen molar-refractivity contribution in [2.45, 2.75) is 52.0 Å². The number of nitrogens with zero attached hydrogens (tertiary/aromatic N) is 1. The number of aryl methyl sites for hydroxylation is 2. The van der Waals surface area contributed by atoms with E-state index >= 15 is 0 Å². The van der Waals surface area contributed by atoms with Gasteiger partial charge in [-0.2, -0.15) is 0 Å². The molecule has 0 amide bonds. The minimum atomic E-state index is -0.681. The Morgan fingerprint density at radius 1 is 1.24 bits per heavy atom. The van der Waals surface area contributed by atoms with Gasteiger partial charge in [0.2, 0.25) is 0 Å². The van der Waals surface area contributed by atoms with Gasteiger partial charge in [0.1, 0.15) is 6.04 Å². The summed E-state index contributed by atoms with van der Waals surface area (Å²) < 4.78 is 2.00. The predicted molar refractivity (Wildman–Crippen MR) is 67.2 cm³/mol. The van der Waals surface area contributed by atoms with E-state index in [1.54, 1.807) is 0 Å². The van der Waals surface area contributed by atoms with E-state index in [2.05, 4.69) is 0 Å². The number of rotatable bonds is 3. The summed E-state index contributed by atoms with van der Waals surface area (Å²) >= 11 is 0. The van der Waals surface area contributed by atoms with Crippen LogP contribution >= 0.6 is 0 Å². The Morgan fingerprint density at radius 3 is 2.24 bits per heavy atom. The highest BCUT2D eigenvalue weighted by molar-refractivity contribution is 5.72. The smallest absolute Gasteiger partial charge is 0.326 e. The Hall–Kier alpha value is -1.25. The van der Waals surface area contributed by atoms with Gasteiger partial charge in [0, 0.05) is 11.4 Å². The van der Waals surface area contributed by atoms with E-state index in [1.807, 2.05) is 30.5 Å². The van der Waals surface area contributed by atoms with Crippen LogP contribution < -0.4 is 0 Å². The zero-order valence-corrected chi connectivity index (χ0v) is 10.6. The second-order valence-electron chi connectivity index (χ2n) is 5.17. The van der Waals surface area contributed by atoms with Gasteiger partial charge >= 0.3 is 5.97 Å². The van der Waals surface area contributed by atoms with Gasteiger partial charge in [-0.15, -0.1) is 0 Å². The van der Waals surface area contributed by atoms with Crippen molar-refractivity contribution in [1.29, 1.82) is 0 Å². The third kappa shape index (κ3) is 2.38. The molecule has 1 aliphatic rings. The second-order valence-corrected chi connectivity index (χ2v) is 5.17. The van der Waals surface area contributed by atoms with Crippen LogP contribution in [0, 0.1) is 19.8 Å². The van der Waals surface area contributed by atoms with Crippen molar-refractivity contribution in [2.75, 3.05) is 0 Å². The molecule has 0 aromatic carbocycles. The van der Waals surface area contributed by atoms with Crippen molar-refractivity contribution in [3.8, 4) is 0 Å². The Morgan fingerprint density at radius 2 is 1.76 bits per heavy atom. The molecule has 0 radical (unpaired) electrons. The van der Waals surface area contributed by atoms with Gasteiger partial charge in [0.15, 0.2) is 0 Å². The fourth-order valence-electron chi connectivity index (χ4n) is 3.09. The molecule has 1 aromatic rings. The molecule has 1 atom stereocenters. The summed E-state index contributed by atoms with van der Waals surface area (Å²) in [5, 5.41) is 9.53. The maximum Gasteiger partial charge on any atom is 0.326 e. The summed E-state index contributed by atoms with van der Waals surface area (Å²) in [6.45, 7) is 3.98. The van der Waals surface area contributed by atoms with Crippen LogP contribution in [0.1, 0.15) is 49.5 Å². The number of hydrogen-bond donors (Lipinski definition) is 1. The van der Waals surface area contributed by atoms with Gasteiger partial charge in [-0.1, -0.05) is 19.3 Å². The molecule has 1 N–H and O–H groups in total. The van der Waals surface area contributed by atoms with E-state index in [4.69, 9.17) is 0 Å². The standard InChI is InChI=1S/C14H21NO2/c1-10-8-9-11(2)15(10)13(14(16)17)12-6-4-3-5-7-12/h8-9,12-13H,3-7H2,1-2H3,(H,16,17). The lowest BCUT2D eigenvalue weighted by molar-refractivity contribution is -0.143. The highest BCUT2D eigenvalue weighted by Crippen LogP contribution is 2.34. The Kier molecular flexibility index (Phi) is 3.55. The summed E-state index contributed by atoms with van der Waals surface area (Å²) in [7, 11) is 0.